The summed E-state index contributed by atoms with van der Waals surface area (Å²) in [6.07, 6.45) is 1.12. The molecule has 0 aliphatic carbocycles. The fraction of sp³-hybridized carbons (Fsp3) is 0.333. The molecule has 1 aromatic carbocycles. The van der Waals surface area contributed by atoms with Crippen LogP contribution in [0.3, 0.4) is 0 Å². The summed E-state index contributed by atoms with van der Waals surface area (Å²) in [5, 5.41) is 10.0. The Morgan fingerprint density at radius 3 is 2.76 bits per heavy atom. The summed E-state index contributed by atoms with van der Waals surface area (Å²) >= 11 is 7.87. The fourth-order valence-corrected chi connectivity index (χ4v) is 2.50. The maximum absolute atomic E-state index is 6.16. The normalized spacial score (nSPS) is 10.8. The number of benzene rings is 1. The van der Waals surface area contributed by atoms with Crippen molar-refractivity contribution >= 4 is 23.4 Å². The van der Waals surface area contributed by atoms with Crippen LogP contribution in [0.4, 0.5) is 0 Å². The van der Waals surface area contributed by atoms with Gasteiger partial charge in [0, 0.05) is 18.4 Å². The molecule has 0 aliphatic heterocycles. The van der Waals surface area contributed by atoms with Gasteiger partial charge < -0.3 is 4.57 Å². The highest BCUT2D eigenvalue weighted by Crippen LogP contribution is 2.28. The van der Waals surface area contributed by atoms with Gasteiger partial charge in [0.2, 0.25) is 0 Å². The number of rotatable bonds is 4. The lowest BCUT2D eigenvalue weighted by molar-refractivity contribution is 0.793. The average molecular weight is 268 g/mol. The molecule has 0 bridgehead atoms. The van der Waals surface area contributed by atoms with Crippen molar-refractivity contribution in [3.05, 3.63) is 29.3 Å². The van der Waals surface area contributed by atoms with E-state index >= 15 is 0 Å². The Labute approximate surface area is 110 Å². The van der Waals surface area contributed by atoms with Gasteiger partial charge in [0.15, 0.2) is 11.0 Å². The Hall–Kier alpha value is -1.00. The monoisotopic (exact) mass is 267 g/mol. The Bertz CT molecular complexity index is 510. The lowest BCUT2D eigenvalue weighted by atomic mass is 10.2. The van der Waals surface area contributed by atoms with Crippen LogP contribution in [-0.4, -0.2) is 20.5 Å². The highest BCUT2D eigenvalue weighted by atomic mass is 35.5. The first kappa shape index (κ1) is 12.5. The van der Waals surface area contributed by atoms with Gasteiger partial charge in [0.1, 0.15) is 0 Å². The molecule has 3 nitrogen and oxygen atoms in total. The second kappa shape index (κ2) is 5.56. The van der Waals surface area contributed by atoms with Gasteiger partial charge >= 0.3 is 0 Å². The summed E-state index contributed by atoms with van der Waals surface area (Å²) in [6.45, 7) is 2.15. The van der Waals surface area contributed by atoms with Crippen molar-refractivity contribution in [3.8, 4) is 11.4 Å². The Balaban J connectivity index is 2.34. The van der Waals surface area contributed by atoms with Gasteiger partial charge in [-0.25, -0.2) is 0 Å². The lowest BCUT2D eigenvalue weighted by Crippen LogP contribution is -1.95. The molecule has 5 heteroatoms. The van der Waals surface area contributed by atoms with E-state index in [4.69, 9.17) is 11.6 Å². The van der Waals surface area contributed by atoms with E-state index < -0.39 is 0 Å². The number of halogens is 1. The van der Waals surface area contributed by atoms with Gasteiger partial charge in [-0.2, -0.15) is 0 Å². The molecule has 17 heavy (non-hydrogen) atoms. The summed E-state index contributed by atoms with van der Waals surface area (Å²) in [5.74, 6) is 1.86. The molecule has 0 aliphatic rings. The second-order valence-electron chi connectivity index (χ2n) is 3.69. The average Bonchev–Trinajstić information content (AvgIpc) is 2.69. The lowest BCUT2D eigenvalue weighted by Gasteiger charge is -2.04. The van der Waals surface area contributed by atoms with Crippen molar-refractivity contribution in [2.24, 2.45) is 7.05 Å². The summed E-state index contributed by atoms with van der Waals surface area (Å²) in [7, 11) is 1.97. The molecule has 0 fully saturated rings. The first-order valence-electron chi connectivity index (χ1n) is 5.51. The maximum atomic E-state index is 6.16. The van der Waals surface area contributed by atoms with E-state index in [9.17, 15) is 0 Å². The third-order valence-corrected chi connectivity index (χ3v) is 3.94. The third kappa shape index (κ3) is 2.64. The Kier molecular flexibility index (Phi) is 4.07. The van der Waals surface area contributed by atoms with E-state index in [2.05, 4.69) is 17.1 Å². The molecule has 0 saturated carbocycles. The highest BCUT2D eigenvalue weighted by Gasteiger charge is 2.12. The van der Waals surface area contributed by atoms with Crippen LogP contribution in [0.5, 0.6) is 0 Å². The van der Waals surface area contributed by atoms with Crippen LogP contribution in [0.15, 0.2) is 29.4 Å². The van der Waals surface area contributed by atoms with Crippen molar-refractivity contribution in [3.63, 3.8) is 0 Å². The number of nitrogens with zero attached hydrogens (tertiary/aromatic N) is 3. The van der Waals surface area contributed by atoms with Crippen LogP contribution in [0, 0.1) is 0 Å². The quantitative estimate of drug-likeness (QED) is 0.793. The van der Waals surface area contributed by atoms with Gasteiger partial charge in [-0.15, -0.1) is 10.2 Å². The van der Waals surface area contributed by atoms with Gasteiger partial charge in [-0.1, -0.05) is 42.4 Å². The molecule has 90 valence electrons. The number of aromatic nitrogens is 3. The summed E-state index contributed by atoms with van der Waals surface area (Å²) in [5.41, 5.74) is 0.924. The minimum Gasteiger partial charge on any atom is -0.305 e. The van der Waals surface area contributed by atoms with E-state index in [1.54, 1.807) is 11.8 Å². The zero-order valence-electron chi connectivity index (χ0n) is 9.85. The van der Waals surface area contributed by atoms with Crippen molar-refractivity contribution in [2.45, 2.75) is 18.5 Å². The topological polar surface area (TPSA) is 30.7 Å². The molecule has 1 heterocycles. The van der Waals surface area contributed by atoms with E-state index in [0.29, 0.717) is 5.02 Å². The van der Waals surface area contributed by atoms with Crippen molar-refractivity contribution in [1.29, 1.82) is 0 Å². The minimum absolute atomic E-state index is 0.704. The van der Waals surface area contributed by atoms with E-state index in [1.165, 1.54) is 0 Å². The van der Waals surface area contributed by atoms with Crippen LogP contribution in [-0.2, 0) is 7.05 Å². The SMILES string of the molecule is CCCSc1nnc(-c2ccccc2Cl)n1C. The smallest absolute Gasteiger partial charge is 0.191 e. The zero-order chi connectivity index (χ0) is 12.3. The summed E-state index contributed by atoms with van der Waals surface area (Å²) in [4.78, 5) is 0. The van der Waals surface area contributed by atoms with E-state index in [0.717, 1.165) is 28.7 Å². The van der Waals surface area contributed by atoms with Crippen molar-refractivity contribution < 1.29 is 0 Å². The van der Waals surface area contributed by atoms with Crippen molar-refractivity contribution in [2.75, 3.05) is 5.75 Å². The maximum Gasteiger partial charge on any atom is 0.191 e. The molecule has 0 unspecified atom stereocenters. The minimum atomic E-state index is 0.704. The molecule has 0 saturated heterocycles. The molecule has 0 atom stereocenters. The molecule has 0 radical (unpaired) electrons. The molecular weight excluding hydrogens is 254 g/mol. The first-order chi connectivity index (χ1) is 8.24. The molecular formula is C12H14ClN3S. The van der Waals surface area contributed by atoms with Gasteiger partial charge in [-0.05, 0) is 18.6 Å². The van der Waals surface area contributed by atoms with Crippen LogP contribution in [0.25, 0.3) is 11.4 Å². The van der Waals surface area contributed by atoms with E-state index in [1.807, 2.05) is 35.9 Å². The largest absolute Gasteiger partial charge is 0.305 e. The van der Waals surface area contributed by atoms with Gasteiger partial charge in [-0.3, -0.25) is 0 Å². The highest BCUT2D eigenvalue weighted by molar-refractivity contribution is 7.99. The summed E-state index contributed by atoms with van der Waals surface area (Å²) < 4.78 is 1.99. The number of hydrogen-bond acceptors (Lipinski definition) is 3. The predicted octanol–water partition coefficient (Wildman–Crippen LogP) is 3.64. The Morgan fingerprint density at radius 1 is 1.29 bits per heavy atom. The van der Waals surface area contributed by atoms with E-state index in [-0.39, 0.29) is 0 Å². The standard InChI is InChI=1S/C12H14ClN3S/c1-3-8-17-12-15-14-11(16(12)2)9-6-4-5-7-10(9)13/h4-7H,3,8H2,1-2H3. The summed E-state index contributed by atoms with van der Waals surface area (Å²) in [6, 6.07) is 7.69. The van der Waals surface area contributed by atoms with Gasteiger partial charge in [0.05, 0.1) is 5.02 Å². The molecule has 1 aromatic heterocycles. The molecule has 0 spiro atoms. The van der Waals surface area contributed by atoms with Crippen molar-refractivity contribution in [1.82, 2.24) is 14.8 Å². The number of hydrogen-bond donors (Lipinski definition) is 0. The number of thioether (sulfide) groups is 1. The van der Waals surface area contributed by atoms with Crippen LogP contribution in [0.2, 0.25) is 5.02 Å². The molecule has 0 amide bonds. The molecule has 2 rings (SSSR count). The zero-order valence-corrected chi connectivity index (χ0v) is 11.4. The molecule has 0 N–H and O–H groups in total. The fourth-order valence-electron chi connectivity index (χ4n) is 1.51. The van der Waals surface area contributed by atoms with Gasteiger partial charge in [0.25, 0.3) is 0 Å². The Morgan fingerprint density at radius 2 is 2.06 bits per heavy atom. The predicted molar refractivity (Wildman–Crippen MR) is 72.5 cm³/mol. The van der Waals surface area contributed by atoms with Crippen LogP contribution >= 0.6 is 23.4 Å². The third-order valence-electron chi connectivity index (χ3n) is 2.38. The second-order valence-corrected chi connectivity index (χ2v) is 5.16. The van der Waals surface area contributed by atoms with Crippen LogP contribution < -0.4 is 0 Å². The molecule has 2 aromatic rings. The first-order valence-corrected chi connectivity index (χ1v) is 6.87. The van der Waals surface area contributed by atoms with Crippen LogP contribution in [0.1, 0.15) is 13.3 Å².